The third kappa shape index (κ3) is 70.5. The fourth-order valence-electron chi connectivity index (χ4n) is 11.8. The van der Waals surface area contributed by atoms with E-state index >= 15 is 0 Å². The summed E-state index contributed by atoms with van der Waals surface area (Å²) < 4.78 is 68.4. The first-order chi connectivity index (χ1) is 46.4. The van der Waals surface area contributed by atoms with Crippen molar-refractivity contribution >= 4 is 39.5 Å². The minimum Gasteiger partial charge on any atom is -0.462 e. The van der Waals surface area contributed by atoms with Crippen molar-refractivity contribution in [3.05, 3.63) is 0 Å². The van der Waals surface area contributed by atoms with Gasteiger partial charge < -0.3 is 33.8 Å². The summed E-state index contributed by atoms with van der Waals surface area (Å²) >= 11 is 0. The van der Waals surface area contributed by atoms with Gasteiger partial charge in [-0.15, -0.1) is 0 Å². The van der Waals surface area contributed by atoms with E-state index in [1.165, 1.54) is 205 Å². The SMILES string of the molecule is CCCCCCCCCCCCC(=O)O[C@H](COC(=O)CCCCCCCCC)COP(=O)(O)OC[C@H](O)COP(=O)(O)OC[C@@H](COC(=O)CCCCCCCCCCCCCCCCCC(C)C)OC(=O)CCCCCCCCCCCCCCCCCCCCC(C)C. The number of carbonyl (C=O) groups is 4. The summed E-state index contributed by atoms with van der Waals surface area (Å²) in [6.45, 7) is 9.61. The number of phosphoric acid groups is 2. The van der Waals surface area contributed by atoms with Gasteiger partial charge in [0.2, 0.25) is 0 Å². The normalized spacial score (nSPS) is 14.0. The van der Waals surface area contributed by atoms with Crippen LogP contribution >= 0.6 is 15.6 Å². The number of carbonyl (C=O) groups excluding carboxylic acids is 4. The van der Waals surface area contributed by atoms with Crippen LogP contribution in [0.4, 0.5) is 0 Å². The maximum absolute atomic E-state index is 13.1. The zero-order valence-corrected chi connectivity index (χ0v) is 64.5. The Morgan fingerprint density at radius 3 is 0.708 bits per heavy atom. The lowest BCUT2D eigenvalue weighted by Crippen LogP contribution is -2.30. The molecule has 0 aliphatic rings. The molecule has 19 heteroatoms. The molecule has 96 heavy (non-hydrogen) atoms. The highest BCUT2D eigenvalue weighted by molar-refractivity contribution is 7.47. The molecule has 0 saturated carbocycles. The van der Waals surface area contributed by atoms with Crippen molar-refractivity contribution in [2.24, 2.45) is 11.8 Å². The zero-order chi connectivity index (χ0) is 70.7. The Morgan fingerprint density at radius 2 is 0.479 bits per heavy atom. The molecular formula is C77H150O17P2. The summed E-state index contributed by atoms with van der Waals surface area (Å²) in [5.74, 6) is -0.493. The van der Waals surface area contributed by atoms with E-state index in [0.717, 1.165) is 115 Å². The fraction of sp³-hybridized carbons (Fsp3) is 0.948. The highest BCUT2D eigenvalue weighted by Crippen LogP contribution is 2.45. The molecular weight excluding hydrogens is 1260 g/mol. The molecule has 3 N–H and O–H groups in total. The van der Waals surface area contributed by atoms with Gasteiger partial charge in [0.15, 0.2) is 12.2 Å². The standard InChI is InChI=1S/C77H150O17P2/c1-7-9-11-13-15-16-36-43-49-55-61-76(81)93-72(65-87-74(79)59-53-47-39-14-12-10-8-2)67-91-95(83,84)89-63-71(78)64-90-96(85,86)92-68-73(66-88-75(80)60-54-48-42-37-32-28-25-21-23-27-31-35-41-46-52-58-70(5)6)94-77(82)62-56-50-44-38-33-29-24-20-18-17-19-22-26-30-34-40-45-51-57-69(3)4/h69-73,78H,7-68H2,1-6H3,(H,83,84)(H,85,86)/t71-,72+,73+/m0/s1. The van der Waals surface area contributed by atoms with Crippen molar-refractivity contribution < 1.29 is 80.2 Å². The lowest BCUT2D eigenvalue weighted by atomic mass is 10.0. The van der Waals surface area contributed by atoms with Crippen LogP contribution < -0.4 is 0 Å². The second-order valence-corrected chi connectivity index (χ2v) is 31.6. The highest BCUT2D eigenvalue weighted by Gasteiger charge is 2.30. The molecule has 0 aliphatic heterocycles. The van der Waals surface area contributed by atoms with Crippen molar-refractivity contribution in [2.45, 2.75) is 419 Å². The first-order valence-electron chi connectivity index (χ1n) is 40.0. The van der Waals surface area contributed by atoms with E-state index in [9.17, 15) is 43.2 Å². The molecule has 0 aromatic heterocycles. The van der Waals surface area contributed by atoms with Gasteiger partial charge in [0.05, 0.1) is 26.4 Å². The zero-order valence-electron chi connectivity index (χ0n) is 62.7. The molecule has 0 bridgehead atoms. The molecule has 0 heterocycles. The van der Waals surface area contributed by atoms with E-state index in [0.29, 0.717) is 25.7 Å². The van der Waals surface area contributed by atoms with E-state index < -0.39 is 97.5 Å². The molecule has 0 fully saturated rings. The average Bonchev–Trinajstić information content (AvgIpc) is 1.61. The summed E-state index contributed by atoms with van der Waals surface area (Å²) in [6, 6.07) is 0. The minimum atomic E-state index is -4.96. The van der Waals surface area contributed by atoms with E-state index in [2.05, 4.69) is 41.5 Å². The van der Waals surface area contributed by atoms with Crippen molar-refractivity contribution in [3.8, 4) is 0 Å². The number of esters is 4. The predicted molar refractivity (Wildman–Crippen MR) is 391 cm³/mol. The molecule has 0 spiro atoms. The molecule has 0 aliphatic carbocycles. The summed E-state index contributed by atoms with van der Waals surface area (Å²) in [5.41, 5.74) is 0. The predicted octanol–water partition coefficient (Wildman–Crippen LogP) is 22.7. The van der Waals surface area contributed by atoms with Crippen molar-refractivity contribution in [2.75, 3.05) is 39.6 Å². The summed E-state index contributed by atoms with van der Waals surface area (Å²) in [5, 5.41) is 10.6. The van der Waals surface area contributed by atoms with Gasteiger partial charge in [-0.3, -0.25) is 37.3 Å². The van der Waals surface area contributed by atoms with Crippen LogP contribution in [0, 0.1) is 11.8 Å². The topological polar surface area (TPSA) is 237 Å². The van der Waals surface area contributed by atoms with Gasteiger partial charge in [-0.2, -0.15) is 0 Å². The van der Waals surface area contributed by atoms with Crippen LogP contribution in [0.15, 0.2) is 0 Å². The number of phosphoric ester groups is 2. The van der Waals surface area contributed by atoms with Crippen molar-refractivity contribution in [1.82, 2.24) is 0 Å². The van der Waals surface area contributed by atoms with Crippen LogP contribution in [0.3, 0.4) is 0 Å². The van der Waals surface area contributed by atoms with Crippen LogP contribution in [-0.2, 0) is 65.4 Å². The number of unbranched alkanes of at least 4 members (excludes halogenated alkanes) is 46. The highest BCUT2D eigenvalue weighted by atomic mass is 31.2. The second-order valence-electron chi connectivity index (χ2n) is 28.7. The number of hydrogen-bond donors (Lipinski definition) is 3. The van der Waals surface area contributed by atoms with Crippen LogP contribution in [0.25, 0.3) is 0 Å². The molecule has 0 saturated heterocycles. The molecule has 5 atom stereocenters. The van der Waals surface area contributed by atoms with Crippen LogP contribution in [-0.4, -0.2) is 96.7 Å². The van der Waals surface area contributed by atoms with Gasteiger partial charge in [-0.05, 0) is 37.5 Å². The molecule has 2 unspecified atom stereocenters. The number of ether oxygens (including phenoxy) is 4. The van der Waals surface area contributed by atoms with Crippen LogP contribution in [0.2, 0.25) is 0 Å². The summed E-state index contributed by atoms with van der Waals surface area (Å²) in [6.07, 6.45) is 57.1. The first kappa shape index (κ1) is 94.1. The van der Waals surface area contributed by atoms with Gasteiger partial charge in [0.25, 0.3) is 0 Å². The van der Waals surface area contributed by atoms with E-state index in [1.807, 2.05) is 0 Å². The molecule has 0 amide bonds. The maximum atomic E-state index is 13.1. The third-order valence-electron chi connectivity index (χ3n) is 18.0. The number of aliphatic hydroxyl groups excluding tert-OH is 1. The van der Waals surface area contributed by atoms with Gasteiger partial charge >= 0.3 is 39.5 Å². The Bertz CT molecular complexity index is 1860. The van der Waals surface area contributed by atoms with Crippen LogP contribution in [0.1, 0.15) is 401 Å². The molecule has 0 radical (unpaired) electrons. The monoisotopic (exact) mass is 1410 g/mol. The van der Waals surface area contributed by atoms with Crippen LogP contribution in [0.5, 0.6) is 0 Å². The van der Waals surface area contributed by atoms with Crippen molar-refractivity contribution in [1.29, 1.82) is 0 Å². The third-order valence-corrected chi connectivity index (χ3v) is 19.9. The van der Waals surface area contributed by atoms with Gasteiger partial charge in [-0.25, -0.2) is 9.13 Å². The lowest BCUT2D eigenvalue weighted by molar-refractivity contribution is -0.161. The smallest absolute Gasteiger partial charge is 0.462 e. The Balaban J connectivity index is 5.15. The quantitative estimate of drug-likeness (QED) is 0.0222. The maximum Gasteiger partial charge on any atom is 0.472 e. The summed E-state index contributed by atoms with van der Waals surface area (Å²) in [4.78, 5) is 72.6. The Morgan fingerprint density at radius 1 is 0.281 bits per heavy atom. The van der Waals surface area contributed by atoms with E-state index in [1.54, 1.807) is 0 Å². The molecule has 0 aromatic rings. The lowest BCUT2D eigenvalue weighted by Gasteiger charge is -2.21. The largest absolute Gasteiger partial charge is 0.472 e. The fourth-order valence-corrected chi connectivity index (χ4v) is 13.4. The number of hydrogen-bond acceptors (Lipinski definition) is 15. The van der Waals surface area contributed by atoms with Gasteiger partial charge in [-0.1, -0.05) is 350 Å². The van der Waals surface area contributed by atoms with Gasteiger partial charge in [0.1, 0.15) is 19.3 Å². The van der Waals surface area contributed by atoms with Crippen molar-refractivity contribution in [3.63, 3.8) is 0 Å². The Hall–Kier alpha value is -1.94. The Kier molecular flexibility index (Phi) is 67.4. The molecule has 570 valence electrons. The minimum absolute atomic E-state index is 0.106. The van der Waals surface area contributed by atoms with Gasteiger partial charge in [0, 0.05) is 25.7 Å². The van der Waals surface area contributed by atoms with E-state index in [-0.39, 0.29) is 25.7 Å². The average molecular weight is 1410 g/mol. The second kappa shape index (κ2) is 68.8. The number of rotatable bonds is 76. The van der Waals surface area contributed by atoms with E-state index in [4.69, 9.17) is 37.0 Å². The summed E-state index contributed by atoms with van der Waals surface area (Å²) in [7, 11) is -9.90. The number of aliphatic hydroxyl groups is 1. The molecule has 0 aromatic carbocycles. The Labute approximate surface area is 588 Å². The molecule has 0 rings (SSSR count). The molecule has 17 nitrogen and oxygen atoms in total. The first-order valence-corrected chi connectivity index (χ1v) is 43.0.